The first-order valence-electron chi connectivity index (χ1n) is 6.23. The van der Waals surface area contributed by atoms with E-state index in [-0.39, 0.29) is 5.91 Å². The number of carbonyl (C=O) groups is 1. The van der Waals surface area contributed by atoms with Crippen LogP contribution in [0.25, 0.3) is 0 Å². The van der Waals surface area contributed by atoms with Crippen LogP contribution in [0.5, 0.6) is 0 Å². The van der Waals surface area contributed by atoms with Gasteiger partial charge < -0.3 is 5.32 Å². The van der Waals surface area contributed by atoms with E-state index < -0.39 is 0 Å². The van der Waals surface area contributed by atoms with E-state index in [1.807, 2.05) is 18.2 Å². The molecule has 0 spiro atoms. The summed E-state index contributed by atoms with van der Waals surface area (Å²) >= 11 is 1.74. The van der Waals surface area contributed by atoms with Gasteiger partial charge in [-0.1, -0.05) is 18.2 Å². The average molecular weight is 249 g/mol. The molecule has 1 aliphatic carbocycles. The molecule has 2 rings (SSSR count). The van der Waals surface area contributed by atoms with Crippen molar-refractivity contribution in [2.24, 2.45) is 5.92 Å². The fourth-order valence-electron chi connectivity index (χ4n) is 1.82. The largest absolute Gasteiger partial charge is 0.353 e. The third-order valence-electron chi connectivity index (χ3n) is 3.06. The maximum atomic E-state index is 11.7. The smallest absolute Gasteiger partial charge is 0.221 e. The summed E-state index contributed by atoms with van der Waals surface area (Å²) in [5.74, 6) is 1.78. The van der Waals surface area contributed by atoms with Crippen molar-refractivity contribution in [1.29, 1.82) is 0 Å². The zero-order valence-electron chi connectivity index (χ0n) is 10.2. The first-order chi connectivity index (χ1) is 8.25. The van der Waals surface area contributed by atoms with Gasteiger partial charge in [0.15, 0.2) is 0 Å². The molecule has 1 atom stereocenters. The van der Waals surface area contributed by atoms with Gasteiger partial charge in [0.05, 0.1) is 0 Å². The Morgan fingerprint density at radius 2 is 2.12 bits per heavy atom. The second kappa shape index (κ2) is 6.10. The SMILES string of the molecule is CC(NC(=O)CCSc1ccccc1)C1CC1. The summed E-state index contributed by atoms with van der Waals surface area (Å²) in [6.45, 7) is 2.11. The van der Waals surface area contributed by atoms with Gasteiger partial charge in [-0.2, -0.15) is 0 Å². The number of rotatable bonds is 6. The number of amides is 1. The fourth-order valence-corrected chi connectivity index (χ4v) is 2.69. The van der Waals surface area contributed by atoms with Crippen molar-refractivity contribution >= 4 is 17.7 Å². The van der Waals surface area contributed by atoms with Crippen molar-refractivity contribution in [2.45, 2.75) is 37.1 Å². The van der Waals surface area contributed by atoms with Crippen LogP contribution in [0.15, 0.2) is 35.2 Å². The summed E-state index contributed by atoms with van der Waals surface area (Å²) in [5, 5.41) is 3.08. The topological polar surface area (TPSA) is 29.1 Å². The van der Waals surface area contributed by atoms with Gasteiger partial charge in [-0.15, -0.1) is 11.8 Å². The molecular weight excluding hydrogens is 230 g/mol. The number of thioether (sulfide) groups is 1. The molecule has 1 aromatic carbocycles. The van der Waals surface area contributed by atoms with Gasteiger partial charge in [0.2, 0.25) is 5.91 Å². The second-order valence-corrected chi connectivity index (χ2v) is 5.77. The highest BCUT2D eigenvalue weighted by Gasteiger charge is 2.28. The molecule has 1 saturated carbocycles. The number of nitrogens with one attached hydrogen (secondary N) is 1. The molecule has 0 saturated heterocycles. The van der Waals surface area contributed by atoms with Gasteiger partial charge in [0, 0.05) is 23.1 Å². The van der Waals surface area contributed by atoms with Crippen LogP contribution in [0.3, 0.4) is 0 Å². The number of carbonyl (C=O) groups excluding carboxylic acids is 1. The standard InChI is InChI=1S/C14H19NOS/c1-11(12-7-8-12)15-14(16)9-10-17-13-5-3-2-4-6-13/h2-6,11-12H,7-10H2,1H3,(H,15,16). The molecule has 92 valence electrons. The number of benzene rings is 1. The molecule has 0 bridgehead atoms. The van der Waals surface area contributed by atoms with E-state index in [1.54, 1.807) is 11.8 Å². The van der Waals surface area contributed by atoms with E-state index in [0.29, 0.717) is 12.5 Å². The van der Waals surface area contributed by atoms with Crippen LogP contribution >= 0.6 is 11.8 Å². The van der Waals surface area contributed by atoms with Crippen molar-refractivity contribution in [3.05, 3.63) is 30.3 Å². The third-order valence-corrected chi connectivity index (χ3v) is 4.07. The zero-order valence-corrected chi connectivity index (χ0v) is 11.0. The predicted molar refractivity (Wildman–Crippen MR) is 72.1 cm³/mol. The molecule has 1 amide bonds. The maximum absolute atomic E-state index is 11.7. The lowest BCUT2D eigenvalue weighted by atomic mass is 10.2. The molecule has 1 N–H and O–H groups in total. The molecule has 3 heteroatoms. The maximum Gasteiger partial charge on any atom is 0.221 e. The molecule has 0 aliphatic heterocycles. The summed E-state index contributed by atoms with van der Waals surface area (Å²) < 4.78 is 0. The summed E-state index contributed by atoms with van der Waals surface area (Å²) in [4.78, 5) is 12.9. The minimum atomic E-state index is 0.188. The van der Waals surface area contributed by atoms with Crippen LogP contribution < -0.4 is 5.32 Å². The Kier molecular flexibility index (Phi) is 4.49. The van der Waals surface area contributed by atoms with Crippen molar-refractivity contribution in [1.82, 2.24) is 5.32 Å². The Labute approximate surface area is 107 Å². The molecule has 1 unspecified atom stereocenters. The molecule has 1 aromatic rings. The van der Waals surface area contributed by atoms with Crippen molar-refractivity contribution in [3.8, 4) is 0 Å². The molecule has 0 aromatic heterocycles. The van der Waals surface area contributed by atoms with Gasteiger partial charge in [0.1, 0.15) is 0 Å². The van der Waals surface area contributed by atoms with E-state index in [2.05, 4.69) is 24.4 Å². The first-order valence-corrected chi connectivity index (χ1v) is 7.21. The van der Waals surface area contributed by atoms with Crippen molar-refractivity contribution < 1.29 is 4.79 Å². The molecule has 1 aliphatic rings. The van der Waals surface area contributed by atoms with Crippen LogP contribution in [0, 0.1) is 5.92 Å². The normalized spacial score (nSPS) is 16.5. The summed E-state index contributed by atoms with van der Waals surface area (Å²) in [7, 11) is 0. The van der Waals surface area contributed by atoms with Gasteiger partial charge in [-0.25, -0.2) is 0 Å². The molecule has 1 fully saturated rings. The second-order valence-electron chi connectivity index (χ2n) is 4.61. The highest BCUT2D eigenvalue weighted by atomic mass is 32.2. The van der Waals surface area contributed by atoms with E-state index in [4.69, 9.17) is 0 Å². The molecule has 0 radical (unpaired) electrons. The first kappa shape index (κ1) is 12.5. The highest BCUT2D eigenvalue weighted by Crippen LogP contribution is 2.32. The summed E-state index contributed by atoms with van der Waals surface area (Å²) in [6.07, 6.45) is 3.16. The van der Waals surface area contributed by atoms with Gasteiger partial charge in [-0.3, -0.25) is 4.79 Å². The lowest BCUT2D eigenvalue weighted by molar-refractivity contribution is -0.121. The molecule has 17 heavy (non-hydrogen) atoms. The van der Waals surface area contributed by atoms with Crippen LogP contribution in [-0.4, -0.2) is 17.7 Å². The number of hydrogen-bond acceptors (Lipinski definition) is 2. The van der Waals surface area contributed by atoms with Crippen LogP contribution in [0.2, 0.25) is 0 Å². The van der Waals surface area contributed by atoms with Crippen LogP contribution in [0.4, 0.5) is 0 Å². The molecular formula is C14H19NOS. The Morgan fingerprint density at radius 1 is 1.41 bits per heavy atom. The Bertz CT molecular complexity index is 362. The lowest BCUT2D eigenvalue weighted by Crippen LogP contribution is -2.34. The minimum Gasteiger partial charge on any atom is -0.353 e. The van der Waals surface area contributed by atoms with E-state index in [1.165, 1.54) is 17.7 Å². The van der Waals surface area contributed by atoms with Crippen molar-refractivity contribution in [3.63, 3.8) is 0 Å². The third kappa shape index (κ3) is 4.43. The summed E-state index contributed by atoms with van der Waals surface area (Å²) in [5.41, 5.74) is 0. The lowest BCUT2D eigenvalue weighted by Gasteiger charge is -2.12. The van der Waals surface area contributed by atoms with Crippen molar-refractivity contribution in [2.75, 3.05) is 5.75 Å². The van der Waals surface area contributed by atoms with E-state index in [0.717, 1.165) is 11.7 Å². The Balaban J connectivity index is 1.63. The van der Waals surface area contributed by atoms with Crippen LogP contribution in [-0.2, 0) is 4.79 Å². The van der Waals surface area contributed by atoms with Gasteiger partial charge in [0.25, 0.3) is 0 Å². The van der Waals surface area contributed by atoms with E-state index in [9.17, 15) is 4.79 Å². The Morgan fingerprint density at radius 3 is 2.76 bits per heavy atom. The predicted octanol–water partition coefficient (Wildman–Crippen LogP) is 3.08. The molecule has 2 nitrogen and oxygen atoms in total. The average Bonchev–Trinajstić information content (AvgIpc) is 3.14. The molecule has 0 heterocycles. The fraction of sp³-hybridized carbons (Fsp3) is 0.500. The number of hydrogen-bond donors (Lipinski definition) is 1. The minimum absolute atomic E-state index is 0.188. The van der Waals surface area contributed by atoms with Gasteiger partial charge >= 0.3 is 0 Å². The Hall–Kier alpha value is -0.960. The monoisotopic (exact) mass is 249 g/mol. The quantitative estimate of drug-likeness (QED) is 0.785. The van der Waals surface area contributed by atoms with Crippen LogP contribution in [0.1, 0.15) is 26.2 Å². The highest BCUT2D eigenvalue weighted by molar-refractivity contribution is 7.99. The zero-order chi connectivity index (χ0) is 12.1. The van der Waals surface area contributed by atoms with Gasteiger partial charge in [-0.05, 0) is 37.8 Å². The summed E-state index contributed by atoms with van der Waals surface area (Å²) in [6, 6.07) is 10.6. The van der Waals surface area contributed by atoms with E-state index >= 15 is 0 Å².